The number of hydrogen-bond donors (Lipinski definition) is 3. The number of nitrogens with zero attached hydrogens (tertiary/aromatic N) is 3. The van der Waals surface area contributed by atoms with Gasteiger partial charge < -0.3 is 15.3 Å². The first kappa shape index (κ1) is 18.8. The van der Waals surface area contributed by atoms with Crippen molar-refractivity contribution in [3.63, 3.8) is 0 Å². The van der Waals surface area contributed by atoms with Gasteiger partial charge in [0, 0.05) is 18.5 Å². The highest BCUT2D eigenvalue weighted by Gasteiger charge is 2.46. The van der Waals surface area contributed by atoms with Gasteiger partial charge in [-0.05, 0) is 30.9 Å². The second-order valence-electron chi connectivity index (χ2n) is 9.12. The van der Waals surface area contributed by atoms with Gasteiger partial charge in [0.15, 0.2) is 0 Å². The summed E-state index contributed by atoms with van der Waals surface area (Å²) >= 11 is 0. The van der Waals surface area contributed by atoms with E-state index in [9.17, 15) is 9.90 Å². The van der Waals surface area contributed by atoms with E-state index in [1.807, 2.05) is 41.2 Å². The normalized spacial score (nSPS) is 30.4. The van der Waals surface area contributed by atoms with Crippen molar-refractivity contribution in [3.05, 3.63) is 42.2 Å². The Hall–Kier alpha value is -2.25. The molecule has 2 bridgehead atoms. The van der Waals surface area contributed by atoms with E-state index in [0.29, 0.717) is 12.0 Å². The second-order valence-corrected chi connectivity index (χ2v) is 9.12. The summed E-state index contributed by atoms with van der Waals surface area (Å²) in [4.78, 5) is 14.3. The summed E-state index contributed by atoms with van der Waals surface area (Å²) in [6.07, 6.45) is 7.77. The maximum Gasteiger partial charge on any atom is 0.233 e. The standard InChI is InChI=1S/C22H29N5O2/c28-21(23-17-6-2-1-3-7-17)19-14-26-11-8-16(19)12-18(26)13-27-15-20(24-25-27)22(29)9-4-5-10-22/h1-3,6-7,15-16,18-19,29H,4-5,8-14H2,(H,23,28)/p+1/t16-,18+,19-/m0/s1. The first-order valence-electron chi connectivity index (χ1n) is 10.9. The molecule has 0 spiro atoms. The number of aromatic nitrogens is 3. The van der Waals surface area contributed by atoms with E-state index in [4.69, 9.17) is 0 Å². The Kier molecular flexibility index (Phi) is 4.87. The molecule has 4 aliphatic rings. The molecule has 29 heavy (non-hydrogen) atoms. The molecule has 2 aromatic rings. The largest absolute Gasteiger partial charge is 0.383 e. The lowest BCUT2D eigenvalue weighted by molar-refractivity contribution is -0.945. The van der Waals surface area contributed by atoms with Crippen molar-refractivity contribution >= 4 is 11.6 Å². The zero-order chi connectivity index (χ0) is 19.8. The number of carbonyl (C=O) groups is 1. The predicted molar refractivity (Wildman–Crippen MR) is 108 cm³/mol. The van der Waals surface area contributed by atoms with Crippen LogP contribution in [0.1, 0.15) is 44.2 Å². The molecule has 1 aliphatic carbocycles. The van der Waals surface area contributed by atoms with Crippen molar-refractivity contribution in [1.82, 2.24) is 15.0 Å². The molecular formula is C22H30N5O2+. The van der Waals surface area contributed by atoms with Crippen LogP contribution in [0.2, 0.25) is 0 Å². The van der Waals surface area contributed by atoms with Crippen LogP contribution in [0, 0.1) is 11.8 Å². The Morgan fingerprint density at radius 3 is 2.79 bits per heavy atom. The van der Waals surface area contributed by atoms with Gasteiger partial charge in [0.25, 0.3) is 0 Å². The van der Waals surface area contributed by atoms with E-state index in [1.54, 1.807) is 0 Å². The van der Waals surface area contributed by atoms with Crippen LogP contribution in [0.3, 0.4) is 0 Å². The van der Waals surface area contributed by atoms with Gasteiger partial charge >= 0.3 is 0 Å². The minimum Gasteiger partial charge on any atom is -0.383 e. The van der Waals surface area contributed by atoms with Crippen molar-refractivity contribution in [1.29, 1.82) is 0 Å². The molecule has 4 fully saturated rings. The number of carbonyl (C=O) groups excluding carboxylic acids is 1. The zero-order valence-electron chi connectivity index (χ0n) is 16.8. The lowest BCUT2D eigenvalue weighted by Crippen LogP contribution is -3.20. The minimum atomic E-state index is -0.780. The fraction of sp³-hybridized carbons (Fsp3) is 0.591. The number of amides is 1. The maximum absolute atomic E-state index is 12.8. The molecular weight excluding hydrogens is 366 g/mol. The minimum absolute atomic E-state index is 0.0840. The van der Waals surface area contributed by atoms with Crippen LogP contribution in [0.15, 0.2) is 36.5 Å². The average Bonchev–Trinajstić information content (AvgIpc) is 3.39. The SMILES string of the molecule is O=C(Nc1ccccc1)[C@H]1C[NH+]2CC[C@H]1C[C@@H]2Cn1cc(C2(O)CCCC2)nn1. The number of para-hydroxylation sites is 1. The Labute approximate surface area is 171 Å². The monoisotopic (exact) mass is 396 g/mol. The first-order chi connectivity index (χ1) is 14.1. The highest BCUT2D eigenvalue weighted by atomic mass is 16.3. The van der Waals surface area contributed by atoms with Crippen molar-refractivity contribution in [2.75, 3.05) is 18.4 Å². The number of piperidine rings is 3. The first-order valence-corrected chi connectivity index (χ1v) is 10.9. The topological polar surface area (TPSA) is 84.5 Å². The van der Waals surface area contributed by atoms with Crippen LogP contribution < -0.4 is 10.2 Å². The summed E-state index contributed by atoms with van der Waals surface area (Å²) in [5, 5.41) is 22.4. The van der Waals surface area contributed by atoms with Gasteiger partial charge in [0.05, 0.1) is 31.7 Å². The Bertz CT molecular complexity index is 861. The Morgan fingerprint density at radius 2 is 2.07 bits per heavy atom. The maximum atomic E-state index is 12.8. The van der Waals surface area contributed by atoms with E-state index in [1.165, 1.54) is 4.90 Å². The van der Waals surface area contributed by atoms with Crippen LogP contribution in [-0.4, -0.2) is 45.1 Å². The summed E-state index contributed by atoms with van der Waals surface area (Å²) in [6.45, 7) is 2.82. The van der Waals surface area contributed by atoms with E-state index >= 15 is 0 Å². The molecule has 0 radical (unpaired) electrons. The summed E-state index contributed by atoms with van der Waals surface area (Å²) in [5.74, 6) is 0.673. The van der Waals surface area contributed by atoms with Gasteiger partial charge in [-0.3, -0.25) is 4.79 Å². The summed E-state index contributed by atoms with van der Waals surface area (Å²) in [5.41, 5.74) is 0.819. The van der Waals surface area contributed by atoms with E-state index in [2.05, 4.69) is 15.6 Å². The highest BCUT2D eigenvalue weighted by Crippen LogP contribution is 2.37. The molecule has 7 heteroatoms. The predicted octanol–water partition coefficient (Wildman–Crippen LogP) is 0.972. The molecule has 154 valence electrons. The van der Waals surface area contributed by atoms with Crippen LogP contribution in [0.4, 0.5) is 5.69 Å². The summed E-state index contributed by atoms with van der Waals surface area (Å²) in [6, 6.07) is 10.2. The number of quaternary nitrogens is 1. The third kappa shape index (κ3) is 3.69. The molecule has 1 unspecified atom stereocenters. The van der Waals surface area contributed by atoms with Crippen LogP contribution in [-0.2, 0) is 16.9 Å². The number of aliphatic hydroxyl groups is 1. The van der Waals surface area contributed by atoms with E-state index in [0.717, 1.165) is 69.5 Å². The van der Waals surface area contributed by atoms with Crippen LogP contribution in [0.25, 0.3) is 0 Å². The third-order valence-corrected chi connectivity index (χ3v) is 7.28. The van der Waals surface area contributed by atoms with Crippen molar-refractivity contribution < 1.29 is 14.8 Å². The third-order valence-electron chi connectivity index (χ3n) is 7.28. The Morgan fingerprint density at radius 1 is 1.28 bits per heavy atom. The number of fused-ring (bicyclic) bond motifs is 3. The average molecular weight is 397 g/mol. The van der Waals surface area contributed by atoms with Gasteiger partial charge in [-0.1, -0.05) is 36.3 Å². The molecule has 4 atom stereocenters. The fourth-order valence-electron chi connectivity index (χ4n) is 5.62. The zero-order valence-corrected chi connectivity index (χ0v) is 16.8. The summed E-state index contributed by atoms with van der Waals surface area (Å²) in [7, 11) is 0. The van der Waals surface area contributed by atoms with Gasteiger partial charge in [0.2, 0.25) is 5.91 Å². The quantitative estimate of drug-likeness (QED) is 0.703. The molecule has 1 amide bonds. The molecule has 6 rings (SSSR count). The van der Waals surface area contributed by atoms with E-state index in [-0.39, 0.29) is 11.8 Å². The van der Waals surface area contributed by atoms with Crippen molar-refractivity contribution in [3.8, 4) is 0 Å². The number of rotatable bonds is 5. The second kappa shape index (κ2) is 7.54. The molecule has 3 saturated heterocycles. The molecule has 3 N–H and O–H groups in total. The molecule has 1 aromatic heterocycles. The molecule has 1 aromatic carbocycles. The molecule has 7 nitrogen and oxygen atoms in total. The summed E-state index contributed by atoms with van der Waals surface area (Å²) < 4.78 is 1.91. The number of anilines is 1. The van der Waals surface area contributed by atoms with Gasteiger partial charge in [-0.15, -0.1) is 5.10 Å². The number of hydrogen-bond acceptors (Lipinski definition) is 4. The number of benzene rings is 1. The van der Waals surface area contributed by atoms with Crippen LogP contribution in [0.5, 0.6) is 0 Å². The van der Waals surface area contributed by atoms with Crippen molar-refractivity contribution in [2.45, 2.75) is 56.7 Å². The molecule has 3 aliphatic heterocycles. The van der Waals surface area contributed by atoms with Crippen LogP contribution >= 0.6 is 0 Å². The lowest BCUT2D eigenvalue weighted by Gasteiger charge is -2.46. The van der Waals surface area contributed by atoms with Gasteiger partial charge in [0.1, 0.15) is 17.3 Å². The van der Waals surface area contributed by atoms with E-state index < -0.39 is 5.60 Å². The Balaban J connectivity index is 1.22. The number of nitrogens with one attached hydrogen (secondary N) is 2. The van der Waals surface area contributed by atoms with Gasteiger partial charge in [-0.2, -0.15) is 0 Å². The lowest BCUT2D eigenvalue weighted by atomic mass is 9.75. The highest BCUT2D eigenvalue weighted by molar-refractivity contribution is 5.92. The molecule has 4 heterocycles. The fourth-order valence-corrected chi connectivity index (χ4v) is 5.62. The molecule has 1 saturated carbocycles. The smallest absolute Gasteiger partial charge is 0.233 e. The van der Waals surface area contributed by atoms with Crippen molar-refractivity contribution in [2.24, 2.45) is 11.8 Å². The van der Waals surface area contributed by atoms with Gasteiger partial charge in [-0.25, -0.2) is 4.68 Å².